The monoisotopic (exact) mass is 262 g/mol. The Labute approximate surface area is 114 Å². The van der Waals surface area contributed by atoms with Crippen LogP contribution in [0.1, 0.15) is 31.2 Å². The summed E-state index contributed by atoms with van der Waals surface area (Å²) >= 11 is 0. The van der Waals surface area contributed by atoms with Gasteiger partial charge in [-0.05, 0) is 31.9 Å². The summed E-state index contributed by atoms with van der Waals surface area (Å²) in [5.41, 5.74) is 1.97. The second-order valence-electron chi connectivity index (χ2n) is 5.15. The number of amides is 2. The molecular weight excluding hydrogens is 240 g/mol. The van der Waals surface area contributed by atoms with Crippen molar-refractivity contribution in [3.63, 3.8) is 0 Å². The minimum atomic E-state index is -0.107. The first-order valence-electron chi connectivity index (χ1n) is 6.96. The SMILES string of the molecule is Cc1ccc(NC(=O)N(CCO)C2CCCC2)cc1. The molecule has 4 nitrogen and oxygen atoms in total. The highest BCUT2D eigenvalue weighted by Crippen LogP contribution is 2.24. The second-order valence-corrected chi connectivity index (χ2v) is 5.15. The smallest absolute Gasteiger partial charge is 0.322 e. The highest BCUT2D eigenvalue weighted by molar-refractivity contribution is 5.89. The number of hydrogen-bond donors (Lipinski definition) is 2. The summed E-state index contributed by atoms with van der Waals surface area (Å²) in [4.78, 5) is 14.0. The predicted octanol–water partition coefficient (Wildman–Crippen LogP) is 2.76. The van der Waals surface area contributed by atoms with E-state index in [0.717, 1.165) is 18.5 Å². The molecule has 0 aromatic heterocycles. The van der Waals surface area contributed by atoms with Crippen molar-refractivity contribution in [2.75, 3.05) is 18.5 Å². The topological polar surface area (TPSA) is 52.6 Å². The number of nitrogens with one attached hydrogen (secondary N) is 1. The molecule has 1 aliphatic rings. The van der Waals surface area contributed by atoms with Crippen LogP contribution in [0.3, 0.4) is 0 Å². The molecule has 0 unspecified atom stereocenters. The molecule has 1 saturated carbocycles. The highest BCUT2D eigenvalue weighted by atomic mass is 16.3. The molecule has 104 valence electrons. The minimum absolute atomic E-state index is 0.0117. The number of benzene rings is 1. The van der Waals surface area contributed by atoms with Crippen LogP contribution < -0.4 is 5.32 Å². The molecule has 0 aliphatic heterocycles. The van der Waals surface area contributed by atoms with E-state index in [-0.39, 0.29) is 18.7 Å². The number of aliphatic hydroxyl groups excluding tert-OH is 1. The van der Waals surface area contributed by atoms with Crippen LogP contribution in [-0.4, -0.2) is 35.2 Å². The Kier molecular flexibility index (Phi) is 4.80. The van der Waals surface area contributed by atoms with Gasteiger partial charge in [0.2, 0.25) is 0 Å². The van der Waals surface area contributed by atoms with Crippen molar-refractivity contribution >= 4 is 11.7 Å². The van der Waals surface area contributed by atoms with Gasteiger partial charge in [0.1, 0.15) is 0 Å². The van der Waals surface area contributed by atoms with Crippen molar-refractivity contribution in [3.8, 4) is 0 Å². The Balaban J connectivity index is 2.00. The molecule has 1 fully saturated rings. The Morgan fingerprint density at radius 3 is 2.53 bits per heavy atom. The van der Waals surface area contributed by atoms with Gasteiger partial charge in [0, 0.05) is 18.3 Å². The third-order valence-electron chi connectivity index (χ3n) is 3.67. The van der Waals surface area contributed by atoms with Crippen LogP contribution in [0.5, 0.6) is 0 Å². The minimum Gasteiger partial charge on any atom is -0.395 e. The van der Waals surface area contributed by atoms with E-state index in [4.69, 9.17) is 5.11 Å². The molecule has 0 atom stereocenters. The number of nitrogens with zero attached hydrogens (tertiary/aromatic N) is 1. The van der Waals surface area contributed by atoms with Crippen LogP contribution in [0, 0.1) is 6.92 Å². The van der Waals surface area contributed by atoms with Crippen LogP contribution in [0.2, 0.25) is 0 Å². The van der Waals surface area contributed by atoms with E-state index in [9.17, 15) is 4.79 Å². The zero-order valence-corrected chi connectivity index (χ0v) is 11.4. The van der Waals surface area contributed by atoms with E-state index in [1.165, 1.54) is 18.4 Å². The molecule has 0 bridgehead atoms. The lowest BCUT2D eigenvalue weighted by molar-refractivity contribution is 0.163. The first-order valence-corrected chi connectivity index (χ1v) is 6.96. The second kappa shape index (κ2) is 6.57. The van der Waals surface area contributed by atoms with Crippen molar-refractivity contribution in [2.45, 2.75) is 38.6 Å². The number of hydrogen-bond acceptors (Lipinski definition) is 2. The first-order chi connectivity index (χ1) is 9.20. The molecule has 4 heteroatoms. The standard InChI is InChI=1S/C15H22N2O2/c1-12-6-8-13(9-7-12)16-15(19)17(10-11-18)14-4-2-3-5-14/h6-9,14,18H,2-5,10-11H2,1H3,(H,16,19). The van der Waals surface area contributed by atoms with Gasteiger partial charge in [0.05, 0.1) is 6.61 Å². The fraction of sp³-hybridized carbons (Fsp3) is 0.533. The Morgan fingerprint density at radius 1 is 1.32 bits per heavy atom. The number of carbonyl (C=O) groups excluding carboxylic acids is 1. The van der Waals surface area contributed by atoms with Crippen LogP contribution in [0.15, 0.2) is 24.3 Å². The van der Waals surface area contributed by atoms with Crippen molar-refractivity contribution in [1.29, 1.82) is 0 Å². The van der Waals surface area contributed by atoms with Crippen molar-refractivity contribution < 1.29 is 9.90 Å². The largest absolute Gasteiger partial charge is 0.395 e. The first kappa shape index (κ1) is 13.9. The lowest BCUT2D eigenvalue weighted by Crippen LogP contribution is -2.43. The molecule has 0 saturated heterocycles. The Bertz CT molecular complexity index is 411. The Hall–Kier alpha value is -1.55. The number of aryl methyl sites for hydroxylation is 1. The zero-order valence-electron chi connectivity index (χ0n) is 11.4. The van der Waals surface area contributed by atoms with Gasteiger partial charge >= 0.3 is 6.03 Å². The molecule has 0 spiro atoms. The maximum Gasteiger partial charge on any atom is 0.322 e. The summed E-state index contributed by atoms with van der Waals surface area (Å²) in [5, 5.41) is 12.0. The van der Waals surface area contributed by atoms with Gasteiger partial charge in [-0.1, -0.05) is 30.5 Å². The zero-order chi connectivity index (χ0) is 13.7. The molecular formula is C15H22N2O2. The third-order valence-corrected chi connectivity index (χ3v) is 3.67. The van der Waals surface area contributed by atoms with E-state index in [1.54, 1.807) is 4.90 Å². The Morgan fingerprint density at radius 2 is 1.95 bits per heavy atom. The van der Waals surface area contributed by atoms with E-state index in [1.807, 2.05) is 31.2 Å². The van der Waals surface area contributed by atoms with Crippen molar-refractivity contribution in [2.24, 2.45) is 0 Å². The molecule has 1 aromatic carbocycles. The van der Waals surface area contributed by atoms with Gasteiger partial charge in [-0.15, -0.1) is 0 Å². The molecule has 1 aromatic rings. The molecule has 2 rings (SSSR count). The van der Waals surface area contributed by atoms with Crippen LogP contribution in [-0.2, 0) is 0 Å². The van der Waals surface area contributed by atoms with Gasteiger partial charge < -0.3 is 15.3 Å². The molecule has 19 heavy (non-hydrogen) atoms. The number of anilines is 1. The van der Waals surface area contributed by atoms with Gasteiger partial charge in [-0.3, -0.25) is 0 Å². The summed E-state index contributed by atoms with van der Waals surface area (Å²) in [6.45, 7) is 2.43. The lowest BCUT2D eigenvalue weighted by Gasteiger charge is -2.28. The fourth-order valence-electron chi connectivity index (χ4n) is 2.61. The van der Waals surface area contributed by atoms with Gasteiger partial charge in [0.25, 0.3) is 0 Å². The molecule has 2 amide bonds. The molecule has 0 radical (unpaired) electrons. The number of aliphatic hydroxyl groups is 1. The maximum absolute atomic E-state index is 12.3. The van der Waals surface area contributed by atoms with E-state index >= 15 is 0 Å². The normalized spacial score (nSPS) is 15.5. The summed E-state index contributed by atoms with van der Waals surface area (Å²) < 4.78 is 0. The average Bonchev–Trinajstić information content (AvgIpc) is 2.92. The molecule has 0 heterocycles. The summed E-state index contributed by atoms with van der Waals surface area (Å²) in [5.74, 6) is 0. The van der Waals surface area contributed by atoms with Crippen LogP contribution >= 0.6 is 0 Å². The summed E-state index contributed by atoms with van der Waals surface area (Å²) in [6, 6.07) is 7.92. The highest BCUT2D eigenvalue weighted by Gasteiger charge is 2.26. The van der Waals surface area contributed by atoms with Gasteiger partial charge in [0.15, 0.2) is 0 Å². The maximum atomic E-state index is 12.3. The van der Waals surface area contributed by atoms with Crippen LogP contribution in [0.25, 0.3) is 0 Å². The van der Waals surface area contributed by atoms with Crippen LogP contribution in [0.4, 0.5) is 10.5 Å². The van der Waals surface area contributed by atoms with E-state index in [2.05, 4.69) is 5.32 Å². The van der Waals surface area contributed by atoms with Crippen molar-refractivity contribution in [1.82, 2.24) is 4.90 Å². The number of urea groups is 1. The van der Waals surface area contributed by atoms with E-state index < -0.39 is 0 Å². The van der Waals surface area contributed by atoms with Gasteiger partial charge in [-0.25, -0.2) is 4.79 Å². The third kappa shape index (κ3) is 3.70. The average molecular weight is 262 g/mol. The van der Waals surface area contributed by atoms with E-state index in [0.29, 0.717) is 6.54 Å². The lowest BCUT2D eigenvalue weighted by atomic mass is 10.2. The molecule has 2 N–H and O–H groups in total. The van der Waals surface area contributed by atoms with Gasteiger partial charge in [-0.2, -0.15) is 0 Å². The fourth-order valence-corrected chi connectivity index (χ4v) is 2.61. The number of carbonyl (C=O) groups is 1. The molecule has 1 aliphatic carbocycles. The van der Waals surface area contributed by atoms with Crippen molar-refractivity contribution in [3.05, 3.63) is 29.8 Å². The summed E-state index contributed by atoms with van der Waals surface area (Å²) in [7, 11) is 0. The quantitative estimate of drug-likeness (QED) is 0.876. The number of rotatable bonds is 4. The predicted molar refractivity (Wildman–Crippen MR) is 76.2 cm³/mol. The summed E-state index contributed by atoms with van der Waals surface area (Å²) in [6.07, 6.45) is 4.43.